The van der Waals surface area contributed by atoms with E-state index in [2.05, 4.69) is 22.2 Å². The number of rotatable bonds is 3. The minimum atomic E-state index is 0.350. The Labute approximate surface area is 84.0 Å². The second kappa shape index (κ2) is 2.69. The molecule has 1 aromatic rings. The Balaban J connectivity index is 1.83. The van der Waals surface area contributed by atoms with Gasteiger partial charge in [0.15, 0.2) is 0 Å². The normalized spacial score (nSPS) is 23.2. The van der Waals surface area contributed by atoms with Crippen LogP contribution in [0.4, 0.5) is 5.95 Å². The average molecular weight is 189 g/mol. The van der Waals surface area contributed by atoms with E-state index in [0.717, 1.165) is 5.95 Å². The van der Waals surface area contributed by atoms with Crippen LogP contribution in [0, 0.1) is 0 Å². The van der Waals surface area contributed by atoms with Gasteiger partial charge in [0.25, 0.3) is 0 Å². The lowest BCUT2D eigenvalue weighted by Crippen LogP contribution is -2.10. The Kier molecular flexibility index (Phi) is 1.58. The first-order valence-electron chi connectivity index (χ1n) is 5.36. The van der Waals surface area contributed by atoms with Crippen molar-refractivity contribution < 1.29 is 0 Å². The van der Waals surface area contributed by atoms with Crippen LogP contribution in [0.2, 0.25) is 0 Å². The molecule has 0 unspecified atom stereocenters. The monoisotopic (exact) mass is 189 g/mol. The van der Waals surface area contributed by atoms with E-state index in [0.29, 0.717) is 11.5 Å². The summed E-state index contributed by atoms with van der Waals surface area (Å²) in [4.78, 5) is 8.80. The largest absolute Gasteiger partial charge is 0.351 e. The van der Waals surface area contributed by atoms with Crippen LogP contribution in [0.5, 0.6) is 0 Å². The Morgan fingerprint density at radius 1 is 1.43 bits per heavy atom. The molecule has 0 saturated heterocycles. The van der Waals surface area contributed by atoms with E-state index in [1.807, 2.05) is 12.3 Å². The first-order chi connectivity index (χ1) is 6.76. The SMILES string of the molecule is CC1(c2ccnc(NC3CC3)n2)CC1. The molecule has 0 amide bonds. The van der Waals surface area contributed by atoms with Crippen LogP contribution in [0.1, 0.15) is 38.3 Å². The molecule has 2 saturated carbocycles. The zero-order valence-corrected chi connectivity index (χ0v) is 8.45. The topological polar surface area (TPSA) is 37.8 Å². The van der Waals surface area contributed by atoms with Crippen LogP contribution in [-0.4, -0.2) is 16.0 Å². The van der Waals surface area contributed by atoms with E-state index < -0.39 is 0 Å². The van der Waals surface area contributed by atoms with Gasteiger partial charge in [-0.2, -0.15) is 0 Å². The molecule has 1 heterocycles. The third kappa shape index (κ3) is 1.47. The second-order valence-electron chi connectivity index (χ2n) is 4.74. The molecule has 2 aliphatic carbocycles. The molecular weight excluding hydrogens is 174 g/mol. The van der Waals surface area contributed by atoms with Crippen molar-refractivity contribution in [3.05, 3.63) is 18.0 Å². The summed E-state index contributed by atoms with van der Waals surface area (Å²) in [6, 6.07) is 2.68. The zero-order chi connectivity index (χ0) is 9.60. The van der Waals surface area contributed by atoms with Gasteiger partial charge < -0.3 is 5.32 Å². The molecule has 0 spiro atoms. The molecule has 1 N–H and O–H groups in total. The first kappa shape index (κ1) is 8.21. The van der Waals surface area contributed by atoms with Crippen molar-refractivity contribution in [1.29, 1.82) is 0 Å². The van der Waals surface area contributed by atoms with Gasteiger partial charge >= 0.3 is 0 Å². The van der Waals surface area contributed by atoms with E-state index in [1.54, 1.807) is 0 Å². The molecule has 0 bridgehead atoms. The van der Waals surface area contributed by atoms with Gasteiger partial charge in [0.05, 0.1) is 5.69 Å². The minimum absolute atomic E-state index is 0.350. The van der Waals surface area contributed by atoms with Gasteiger partial charge in [-0.3, -0.25) is 0 Å². The van der Waals surface area contributed by atoms with Crippen molar-refractivity contribution in [2.75, 3.05) is 5.32 Å². The highest BCUT2D eigenvalue weighted by Crippen LogP contribution is 2.46. The maximum atomic E-state index is 4.56. The molecule has 1 aromatic heterocycles. The maximum absolute atomic E-state index is 4.56. The molecule has 0 atom stereocenters. The van der Waals surface area contributed by atoms with E-state index in [-0.39, 0.29) is 0 Å². The Morgan fingerprint density at radius 3 is 2.86 bits per heavy atom. The predicted molar refractivity (Wildman–Crippen MR) is 55.3 cm³/mol. The van der Waals surface area contributed by atoms with Gasteiger partial charge in [-0.05, 0) is 31.7 Å². The minimum Gasteiger partial charge on any atom is -0.351 e. The fourth-order valence-electron chi connectivity index (χ4n) is 1.62. The average Bonchev–Trinajstić information content (AvgIpc) is 3.05. The van der Waals surface area contributed by atoms with Crippen molar-refractivity contribution in [3.8, 4) is 0 Å². The van der Waals surface area contributed by atoms with Crippen molar-refractivity contribution >= 4 is 5.95 Å². The number of nitrogens with one attached hydrogen (secondary N) is 1. The zero-order valence-electron chi connectivity index (χ0n) is 8.45. The highest BCUT2D eigenvalue weighted by molar-refractivity contribution is 5.32. The van der Waals surface area contributed by atoms with Crippen LogP contribution in [-0.2, 0) is 5.41 Å². The fraction of sp³-hybridized carbons (Fsp3) is 0.636. The maximum Gasteiger partial charge on any atom is 0.223 e. The van der Waals surface area contributed by atoms with Gasteiger partial charge in [0, 0.05) is 17.7 Å². The van der Waals surface area contributed by atoms with Gasteiger partial charge in [0.1, 0.15) is 0 Å². The number of nitrogens with zero attached hydrogens (tertiary/aromatic N) is 2. The van der Waals surface area contributed by atoms with Crippen molar-refractivity contribution in [2.24, 2.45) is 0 Å². The summed E-state index contributed by atoms with van der Waals surface area (Å²) in [7, 11) is 0. The van der Waals surface area contributed by atoms with Crippen LogP contribution in [0.15, 0.2) is 12.3 Å². The number of anilines is 1. The van der Waals surface area contributed by atoms with Gasteiger partial charge in [-0.1, -0.05) is 6.92 Å². The summed E-state index contributed by atoms with van der Waals surface area (Å²) in [5.74, 6) is 0.818. The summed E-state index contributed by atoms with van der Waals surface area (Å²) in [6.45, 7) is 2.27. The van der Waals surface area contributed by atoms with E-state index >= 15 is 0 Å². The summed E-state index contributed by atoms with van der Waals surface area (Å²) in [6.07, 6.45) is 6.95. The van der Waals surface area contributed by atoms with E-state index in [4.69, 9.17) is 0 Å². The Morgan fingerprint density at radius 2 is 2.21 bits per heavy atom. The summed E-state index contributed by atoms with van der Waals surface area (Å²) in [5.41, 5.74) is 1.55. The predicted octanol–water partition coefficient (Wildman–Crippen LogP) is 2.10. The molecule has 2 fully saturated rings. The third-order valence-corrected chi connectivity index (χ3v) is 3.18. The highest BCUT2D eigenvalue weighted by atomic mass is 15.1. The lowest BCUT2D eigenvalue weighted by Gasteiger charge is -2.09. The molecule has 2 aliphatic rings. The number of hydrogen-bond acceptors (Lipinski definition) is 3. The van der Waals surface area contributed by atoms with Crippen LogP contribution >= 0.6 is 0 Å². The molecule has 0 aliphatic heterocycles. The van der Waals surface area contributed by atoms with Gasteiger partial charge in [0.2, 0.25) is 5.95 Å². The van der Waals surface area contributed by atoms with Crippen molar-refractivity contribution in [2.45, 2.75) is 44.1 Å². The summed E-state index contributed by atoms with van der Waals surface area (Å²) < 4.78 is 0. The van der Waals surface area contributed by atoms with Gasteiger partial charge in [-0.15, -0.1) is 0 Å². The molecule has 3 heteroatoms. The smallest absolute Gasteiger partial charge is 0.223 e. The molecule has 14 heavy (non-hydrogen) atoms. The summed E-state index contributed by atoms with van der Waals surface area (Å²) in [5, 5.41) is 3.33. The second-order valence-corrected chi connectivity index (χ2v) is 4.74. The molecule has 3 rings (SSSR count). The molecule has 74 valence electrons. The molecule has 0 aromatic carbocycles. The lowest BCUT2D eigenvalue weighted by atomic mass is 10.1. The van der Waals surface area contributed by atoms with E-state index in [9.17, 15) is 0 Å². The van der Waals surface area contributed by atoms with Crippen LogP contribution in [0.3, 0.4) is 0 Å². The third-order valence-electron chi connectivity index (χ3n) is 3.18. The number of aromatic nitrogens is 2. The standard InChI is InChI=1S/C11H15N3/c1-11(5-6-11)9-4-7-12-10(14-9)13-8-2-3-8/h4,7-8H,2-3,5-6H2,1H3,(H,12,13,14). The number of hydrogen-bond donors (Lipinski definition) is 1. The van der Waals surface area contributed by atoms with Crippen LogP contribution in [0.25, 0.3) is 0 Å². The Bertz CT molecular complexity index is 353. The Hall–Kier alpha value is -1.12. The van der Waals surface area contributed by atoms with E-state index in [1.165, 1.54) is 31.4 Å². The quantitative estimate of drug-likeness (QED) is 0.791. The first-order valence-corrected chi connectivity index (χ1v) is 5.36. The summed E-state index contributed by atoms with van der Waals surface area (Å²) >= 11 is 0. The molecule has 3 nitrogen and oxygen atoms in total. The van der Waals surface area contributed by atoms with Gasteiger partial charge in [-0.25, -0.2) is 9.97 Å². The highest BCUT2D eigenvalue weighted by Gasteiger charge is 2.40. The lowest BCUT2D eigenvalue weighted by molar-refractivity contribution is 0.744. The van der Waals surface area contributed by atoms with Crippen LogP contribution < -0.4 is 5.32 Å². The molecule has 0 radical (unpaired) electrons. The van der Waals surface area contributed by atoms with Crippen molar-refractivity contribution in [3.63, 3.8) is 0 Å². The van der Waals surface area contributed by atoms with Crippen molar-refractivity contribution in [1.82, 2.24) is 9.97 Å². The molecular formula is C11H15N3. The fourth-order valence-corrected chi connectivity index (χ4v) is 1.62.